The first kappa shape index (κ1) is 18.3. The Morgan fingerprint density at radius 2 is 1.76 bits per heavy atom. The maximum atomic E-state index is 14.9. The lowest BCUT2D eigenvalue weighted by atomic mass is 9.82. The first-order chi connectivity index (χ1) is 11.7. The van der Waals surface area contributed by atoms with Crippen molar-refractivity contribution in [1.82, 2.24) is 9.97 Å². The van der Waals surface area contributed by atoms with Crippen molar-refractivity contribution in [2.24, 2.45) is 0 Å². The van der Waals surface area contributed by atoms with Gasteiger partial charge < -0.3 is 14.2 Å². The Bertz CT molecular complexity index is 652. The van der Waals surface area contributed by atoms with Gasteiger partial charge in [0.1, 0.15) is 17.9 Å². The van der Waals surface area contributed by atoms with Gasteiger partial charge in [-0.25, -0.2) is 14.4 Å². The lowest BCUT2D eigenvalue weighted by Gasteiger charge is -2.32. The van der Waals surface area contributed by atoms with Gasteiger partial charge in [-0.05, 0) is 52.5 Å². The molecule has 0 spiro atoms. The van der Waals surface area contributed by atoms with Crippen LogP contribution in [0.5, 0.6) is 0 Å². The Hall–Kier alpha value is -1.47. The number of hydrogen-bond donors (Lipinski definition) is 0. The van der Waals surface area contributed by atoms with Gasteiger partial charge in [-0.3, -0.25) is 0 Å². The minimum absolute atomic E-state index is 0.254. The summed E-state index contributed by atoms with van der Waals surface area (Å²) in [7, 11) is -0.891. The van der Waals surface area contributed by atoms with Crippen LogP contribution in [0.4, 0.5) is 10.2 Å². The summed E-state index contributed by atoms with van der Waals surface area (Å²) >= 11 is 0. The lowest BCUT2D eigenvalue weighted by Crippen LogP contribution is -2.41. The standard InChI is InChI=1S/C18H27BFN3O2/c1-6-14-11-15(22-12-21-14)23-9-7-13(8-10-23)16(20)19-24-17(2,3)18(4,5)25-19/h11-12H,6-10H2,1-5H3. The van der Waals surface area contributed by atoms with Crippen molar-refractivity contribution in [3.8, 4) is 0 Å². The lowest BCUT2D eigenvalue weighted by molar-refractivity contribution is 0.00578. The van der Waals surface area contributed by atoms with Crippen LogP contribution in [0.25, 0.3) is 0 Å². The van der Waals surface area contributed by atoms with Gasteiger partial charge in [0.2, 0.25) is 0 Å². The predicted octanol–water partition coefficient (Wildman–Crippen LogP) is 3.49. The van der Waals surface area contributed by atoms with Gasteiger partial charge in [0.05, 0.1) is 11.2 Å². The van der Waals surface area contributed by atoms with Gasteiger partial charge in [-0.2, -0.15) is 0 Å². The average molecular weight is 347 g/mol. The highest BCUT2D eigenvalue weighted by Crippen LogP contribution is 2.40. The molecule has 0 amide bonds. The summed E-state index contributed by atoms with van der Waals surface area (Å²) in [4.78, 5) is 10.8. The minimum atomic E-state index is -0.891. The van der Waals surface area contributed by atoms with Crippen molar-refractivity contribution in [3.63, 3.8) is 0 Å². The molecule has 2 aliphatic heterocycles. The van der Waals surface area contributed by atoms with E-state index in [0.29, 0.717) is 12.8 Å². The maximum Gasteiger partial charge on any atom is 0.525 e. The van der Waals surface area contributed by atoms with Crippen LogP contribution >= 0.6 is 0 Å². The summed E-state index contributed by atoms with van der Waals surface area (Å²) < 4.78 is 26.6. The number of rotatable bonds is 3. The van der Waals surface area contributed by atoms with E-state index >= 15 is 0 Å². The highest BCUT2D eigenvalue weighted by atomic mass is 19.1. The molecule has 0 atom stereocenters. The van der Waals surface area contributed by atoms with Crippen molar-refractivity contribution in [2.45, 2.75) is 65.1 Å². The smallest absolute Gasteiger partial charge is 0.398 e. The van der Waals surface area contributed by atoms with E-state index in [1.165, 1.54) is 0 Å². The van der Waals surface area contributed by atoms with Crippen molar-refractivity contribution < 1.29 is 13.7 Å². The van der Waals surface area contributed by atoms with E-state index in [1.807, 2.05) is 33.8 Å². The third-order valence-corrected chi connectivity index (χ3v) is 5.56. The van der Waals surface area contributed by atoms with Crippen LogP contribution in [-0.4, -0.2) is 41.4 Å². The molecular formula is C18H27BFN3O2. The molecule has 2 saturated heterocycles. The van der Waals surface area contributed by atoms with E-state index in [2.05, 4.69) is 21.8 Å². The van der Waals surface area contributed by atoms with Crippen molar-refractivity contribution in [1.29, 1.82) is 0 Å². The van der Waals surface area contributed by atoms with Gasteiger partial charge in [0, 0.05) is 24.8 Å². The van der Waals surface area contributed by atoms with E-state index in [1.54, 1.807) is 6.33 Å². The van der Waals surface area contributed by atoms with Crippen LogP contribution in [0.1, 0.15) is 53.2 Å². The topological polar surface area (TPSA) is 47.5 Å². The number of hydrogen-bond acceptors (Lipinski definition) is 5. The summed E-state index contributed by atoms with van der Waals surface area (Å²) in [5.74, 6) is 0.918. The van der Waals surface area contributed by atoms with Gasteiger partial charge in [-0.1, -0.05) is 6.92 Å². The summed E-state index contributed by atoms with van der Waals surface area (Å²) in [6, 6.07) is 2.01. The number of nitrogens with zero attached hydrogens (tertiary/aromatic N) is 3. The molecule has 3 heterocycles. The molecule has 2 aliphatic rings. The zero-order valence-corrected chi connectivity index (χ0v) is 15.8. The molecule has 0 aliphatic carbocycles. The molecule has 5 nitrogen and oxygen atoms in total. The van der Waals surface area contributed by atoms with E-state index in [-0.39, 0.29) is 5.73 Å². The number of aryl methyl sites for hydroxylation is 1. The highest BCUT2D eigenvalue weighted by molar-refractivity contribution is 6.53. The van der Waals surface area contributed by atoms with Gasteiger partial charge >= 0.3 is 7.12 Å². The van der Waals surface area contributed by atoms with Gasteiger partial charge in [0.25, 0.3) is 0 Å². The molecule has 25 heavy (non-hydrogen) atoms. The molecule has 0 aromatic carbocycles. The molecule has 0 saturated carbocycles. The molecular weight excluding hydrogens is 320 g/mol. The number of halogens is 1. The Morgan fingerprint density at radius 1 is 1.16 bits per heavy atom. The van der Waals surface area contributed by atoms with E-state index in [9.17, 15) is 4.39 Å². The molecule has 0 unspecified atom stereocenters. The molecule has 136 valence electrons. The van der Waals surface area contributed by atoms with Gasteiger partial charge in [0.15, 0.2) is 0 Å². The molecule has 1 aromatic rings. The molecule has 3 rings (SSSR count). The average Bonchev–Trinajstić information content (AvgIpc) is 2.82. The summed E-state index contributed by atoms with van der Waals surface area (Å²) in [5, 5.41) is 0. The fraction of sp³-hybridized carbons (Fsp3) is 0.667. The Kier molecular flexibility index (Phi) is 4.90. The molecule has 2 fully saturated rings. The first-order valence-corrected chi connectivity index (χ1v) is 9.02. The van der Waals surface area contributed by atoms with Crippen molar-refractivity contribution >= 4 is 12.9 Å². The first-order valence-electron chi connectivity index (χ1n) is 9.02. The third-order valence-electron chi connectivity index (χ3n) is 5.56. The molecule has 0 radical (unpaired) electrons. The summed E-state index contributed by atoms with van der Waals surface area (Å²) in [5.41, 5.74) is 0.520. The molecule has 0 bridgehead atoms. The van der Waals surface area contributed by atoms with Crippen LogP contribution in [0.15, 0.2) is 23.7 Å². The Labute approximate surface area is 149 Å². The van der Waals surface area contributed by atoms with Crippen LogP contribution in [0.3, 0.4) is 0 Å². The zero-order chi connectivity index (χ0) is 18.2. The largest absolute Gasteiger partial charge is 0.525 e. The maximum absolute atomic E-state index is 14.9. The van der Waals surface area contributed by atoms with E-state index in [4.69, 9.17) is 9.31 Å². The zero-order valence-electron chi connectivity index (χ0n) is 15.8. The predicted molar refractivity (Wildman–Crippen MR) is 97.1 cm³/mol. The Balaban J connectivity index is 1.68. The second-order valence-electron chi connectivity index (χ2n) is 7.75. The fourth-order valence-electron chi connectivity index (χ4n) is 3.11. The monoisotopic (exact) mass is 347 g/mol. The third kappa shape index (κ3) is 3.58. The van der Waals surface area contributed by atoms with Gasteiger partial charge in [-0.15, -0.1) is 0 Å². The Morgan fingerprint density at radius 3 is 2.32 bits per heavy atom. The number of anilines is 1. The van der Waals surface area contributed by atoms with Crippen LogP contribution in [-0.2, 0) is 15.7 Å². The molecule has 0 N–H and O–H groups in total. The fourth-order valence-corrected chi connectivity index (χ4v) is 3.11. The SMILES string of the molecule is CCc1cc(N2CCC(=C(F)B3OC(C)(C)C(C)(C)O3)CC2)ncn1. The quantitative estimate of drug-likeness (QED) is 0.784. The summed E-state index contributed by atoms with van der Waals surface area (Å²) in [6.45, 7) is 11.3. The van der Waals surface area contributed by atoms with Crippen molar-refractivity contribution in [3.05, 3.63) is 29.4 Å². The molecule has 1 aromatic heterocycles. The van der Waals surface area contributed by atoms with Crippen LogP contribution in [0, 0.1) is 0 Å². The van der Waals surface area contributed by atoms with Crippen LogP contribution < -0.4 is 4.90 Å². The van der Waals surface area contributed by atoms with E-state index in [0.717, 1.165) is 36.6 Å². The number of piperidine rings is 1. The molecule has 7 heteroatoms. The highest BCUT2D eigenvalue weighted by Gasteiger charge is 2.53. The second-order valence-corrected chi connectivity index (χ2v) is 7.75. The van der Waals surface area contributed by atoms with E-state index < -0.39 is 18.3 Å². The normalized spacial score (nSPS) is 22.4. The van der Waals surface area contributed by atoms with Crippen LogP contribution in [0.2, 0.25) is 0 Å². The minimum Gasteiger partial charge on any atom is -0.398 e. The van der Waals surface area contributed by atoms with Crippen molar-refractivity contribution in [2.75, 3.05) is 18.0 Å². The summed E-state index contributed by atoms with van der Waals surface area (Å²) in [6.07, 6.45) is 3.79. The second kappa shape index (κ2) is 6.69. The number of aromatic nitrogens is 2.